The second-order valence-corrected chi connectivity index (χ2v) is 6.24. The third-order valence-corrected chi connectivity index (χ3v) is 3.70. The molecule has 9 heteroatoms. The van der Waals surface area contributed by atoms with E-state index in [0.717, 1.165) is 16.6 Å². The van der Waals surface area contributed by atoms with Crippen LogP contribution in [0.4, 0.5) is 22.2 Å². The van der Waals surface area contributed by atoms with Gasteiger partial charge in [-0.3, -0.25) is 4.68 Å². The topological polar surface area (TPSA) is 123 Å². The fourth-order valence-electron chi connectivity index (χ4n) is 2.44. The number of nitrogen functional groups attached to an aromatic ring is 1. The van der Waals surface area contributed by atoms with Crippen molar-refractivity contribution in [2.24, 2.45) is 7.05 Å². The summed E-state index contributed by atoms with van der Waals surface area (Å²) in [6.07, 6.45) is 1.65. The number of anilines is 3. The first-order valence-corrected chi connectivity index (χ1v) is 8.28. The number of nitrogens with one attached hydrogen (secondary N) is 3. The predicted molar refractivity (Wildman–Crippen MR) is 102 cm³/mol. The highest BCUT2D eigenvalue weighted by Crippen LogP contribution is 2.19. The Bertz CT molecular complexity index is 916. The molecule has 5 N–H and O–H groups in total. The van der Waals surface area contributed by atoms with Gasteiger partial charge in [-0.1, -0.05) is 12.1 Å². The second kappa shape index (κ2) is 7.26. The zero-order chi connectivity index (χ0) is 18.7. The van der Waals surface area contributed by atoms with Crippen LogP contribution in [-0.4, -0.2) is 31.8 Å². The summed E-state index contributed by atoms with van der Waals surface area (Å²) in [5, 5.41) is 13.6. The fourth-order valence-corrected chi connectivity index (χ4v) is 2.44. The van der Waals surface area contributed by atoms with Gasteiger partial charge in [0.05, 0.1) is 11.6 Å². The lowest BCUT2D eigenvalue weighted by Gasteiger charge is -2.11. The van der Waals surface area contributed by atoms with Crippen LogP contribution in [0.3, 0.4) is 0 Å². The van der Waals surface area contributed by atoms with Crippen LogP contribution in [0.5, 0.6) is 0 Å². The third-order valence-electron chi connectivity index (χ3n) is 3.70. The number of carbonyl (C=O) groups excluding carboxylic acids is 1. The van der Waals surface area contributed by atoms with Gasteiger partial charge in [0.2, 0.25) is 5.95 Å². The van der Waals surface area contributed by atoms with E-state index < -0.39 is 0 Å². The van der Waals surface area contributed by atoms with E-state index in [1.807, 2.05) is 38.1 Å². The number of benzene rings is 1. The van der Waals surface area contributed by atoms with Crippen molar-refractivity contribution in [1.82, 2.24) is 25.1 Å². The summed E-state index contributed by atoms with van der Waals surface area (Å²) in [5.74, 6) is 0.832. The molecule has 0 fully saturated rings. The van der Waals surface area contributed by atoms with Gasteiger partial charge in [0, 0.05) is 25.3 Å². The molecule has 2 heterocycles. The van der Waals surface area contributed by atoms with E-state index in [1.54, 1.807) is 17.9 Å². The van der Waals surface area contributed by atoms with Crippen molar-refractivity contribution in [3.05, 3.63) is 36.0 Å². The molecule has 136 valence electrons. The van der Waals surface area contributed by atoms with Gasteiger partial charge in [-0.15, -0.1) is 0 Å². The zero-order valence-electron chi connectivity index (χ0n) is 14.9. The smallest absolute Gasteiger partial charge is 0.319 e. The van der Waals surface area contributed by atoms with E-state index in [1.165, 1.54) is 0 Å². The quantitative estimate of drug-likeness (QED) is 0.556. The Morgan fingerprint density at radius 3 is 2.65 bits per heavy atom. The summed E-state index contributed by atoms with van der Waals surface area (Å²) >= 11 is 0. The Morgan fingerprint density at radius 2 is 1.96 bits per heavy atom. The number of carbonyl (C=O) groups is 1. The summed E-state index contributed by atoms with van der Waals surface area (Å²) < 4.78 is 1.65. The highest BCUT2D eigenvalue weighted by Gasteiger charge is 2.09. The maximum atomic E-state index is 11.7. The maximum Gasteiger partial charge on any atom is 0.319 e. The van der Waals surface area contributed by atoms with Gasteiger partial charge >= 0.3 is 6.03 Å². The molecule has 2 aromatic heterocycles. The molecular weight excluding hydrogens is 332 g/mol. The molecule has 0 radical (unpaired) electrons. The van der Waals surface area contributed by atoms with Gasteiger partial charge in [-0.05, 0) is 31.5 Å². The molecule has 0 aliphatic heterocycles. The van der Waals surface area contributed by atoms with Crippen LogP contribution in [-0.2, 0) is 13.6 Å². The van der Waals surface area contributed by atoms with E-state index in [0.29, 0.717) is 24.0 Å². The average molecular weight is 354 g/mol. The summed E-state index contributed by atoms with van der Waals surface area (Å²) in [4.78, 5) is 20.4. The maximum absolute atomic E-state index is 11.7. The first-order valence-electron chi connectivity index (χ1n) is 8.28. The number of amides is 2. The van der Waals surface area contributed by atoms with Crippen molar-refractivity contribution in [2.75, 3.05) is 16.4 Å². The van der Waals surface area contributed by atoms with Crippen molar-refractivity contribution in [2.45, 2.75) is 26.4 Å². The zero-order valence-corrected chi connectivity index (χ0v) is 14.9. The molecule has 9 nitrogen and oxygen atoms in total. The number of rotatable bonds is 5. The molecular formula is C17H22N8O. The van der Waals surface area contributed by atoms with E-state index in [-0.39, 0.29) is 12.1 Å². The summed E-state index contributed by atoms with van der Waals surface area (Å²) in [6.45, 7) is 4.35. The number of aromatic nitrogens is 4. The van der Waals surface area contributed by atoms with Crippen LogP contribution in [0.2, 0.25) is 0 Å². The molecule has 3 aromatic rings. The minimum atomic E-state index is -0.223. The second-order valence-electron chi connectivity index (χ2n) is 6.24. The first-order chi connectivity index (χ1) is 12.4. The molecule has 2 amide bonds. The molecule has 0 saturated carbocycles. The number of aryl methyl sites for hydroxylation is 1. The average Bonchev–Trinajstić information content (AvgIpc) is 2.95. The Kier molecular flexibility index (Phi) is 4.87. The lowest BCUT2D eigenvalue weighted by Crippen LogP contribution is -2.34. The molecule has 0 aliphatic carbocycles. The SMILES string of the molecule is CC(C)NC(=O)Nc1ccc(CNc2nc(N)c3cnn(C)c3n2)cc1. The summed E-state index contributed by atoms with van der Waals surface area (Å²) in [6, 6.07) is 7.39. The normalized spacial score (nSPS) is 10.9. The largest absolute Gasteiger partial charge is 0.383 e. The van der Waals surface area contributed by atoms with Crippen LogP contribution in [0, 0.1) is 0 Å². The number of hydrogen-bond donors (Lipinski definition) is 4. The van der Waals surface area contributed by atoms with Gasteiger partial charge in [-0.25, -0.2) is 4.79 Å². The van der Waals surface area contributed by atoms with Gasteiger partial charge in [-0.2, -0.15) is 15.1 Å². The molecule has 1 aromatic carbocycles. The van der Waals surface area contributed by atoms with Gasteiger partial charge < -0.3 is 21.7 Å². The Labute approximate surface area is 151 Å². The van der Waals surface area contributed by atoms with Gasteiger partial charge in [0.25, 0.3) is 0 Å². The third kappa shape index (κ3) is 4.00. The van der Waals surface area contributed by atoms with E-state index in [4.69, 9.17) is 5.73 Å². The lowest BCUT2D eigenvalue weighted by atomic mass is 10.2. The molecule has 0 unspecified atom stereocenters. The minimum absolute atomic E-state index is 0.0858. The number of nitrogens with two attached hydrogens (primary N) is 1. The predicted octanol–water partition coefficient (Wildman–Crippen LogP) is 2.09. The monoisotopic (exact) mass is 354 g/mol. The van der Waals surface area contributed by atoms with E-state index >= 15 is 0 Å². The Hall–Kier alpha value is -3.36. The summed E-state index contributed by atoms with van der Waals surface area (Å²) in [5.41, 5.74) is 8.37. The van der Waals surface area contributed by atoms with Crippen molar-refractivity contribution >= 4 is 34.5 Å². The fraction of sp³-hybridized carbons (Fsp3) is 0.294. The minimum Gasteiger partial charge on any atom is -0.383 e. The molecule has 0 aliphatic rings. The van der Waals surface area contributed by atoms with Crippen molar-refractivity contribution in [3.63, 3.8) is 0 Å². The molecule has 3 rings (SSSR count). The van der Waals surface area contributed by atoms with E-state index in [2.05, 4.69) is 31.0 Å². The molecule has 0 bridgehead atoms. The molecule has 0 atom stereocenters. The van der Waals surface area contributed by atoms with Crippen molar-refractivity contribution < 1.29 is 4.79 Å². The van der Waals surface area contributed by atoms with Gasteiger partial charge in [0.15, 0.2) is 5.65 Å². The van der Waals surface area contributed by atoms with Crippen molar-refractivity contribution in [3.8, 4) is 0 Å². The Morgan fingerprint density at radius 1 is 1.23 bits per heavy atom. The lowest BCUT2D eigenvalue weighted by molar-refractivity contribution is 0.250. The molecule has 0 spiro atoms. The molecule has 26 heavy (non-hydrogen) atoms. The van der Waals surface area contributed by atoms with Gasteiger partial charge in [0.1, 0.15) is 5.82 Å². The highest BCUT2D eigenvalue weighted by molar-refractivity contribution is 5.89. The number of urea groups is 1. The van der Waals surface area contributed by atoms with Crippen LogP contribution in [0.25, 0.3) is 11.0 Å². The van der Waals surface area contributed by atoms with Crippen LogP contribution in [0.1, 0.15) is 19.4 Å². The van der Waals surface area contributed by atoms with Crippen molar-refractivity contribution in [1.29, 1.82) is 0 Å². The number of fused-ring (bicyclic) bond motifs is 1. The number of nitrogens with zero attached hydrogens (tertiary/aromatic N) is 4. The number of hydrogen-bond acceptors (Lipinski definition) is 6. The molecule has 0 saturated heterocycles. The standard InChI is InChI=1S/C17H22N8O/c1-10(2)21-17(26)22-12-6-4-11(5-7-12)8-19-16-23-14(18)13-9-20-25(3)15(13)24-16/h4-7,9-10H,8H2,1-3H3,(H2,21,22,26)(H3,18,19,23,24). The van der Waals surface area contributed by atoms with E-state index in [9.17, 15) is 4.79 Å². The Balaban J connectivity index is 1.63. The highest BCUT2D eigenvalue weighted by atomic mass is 16.2. The van der Waals surface area contributed by atoms with Crippen LogP contribution < -0.4 is 21.7 Å². The summed E-state index contributed by atoms with van der Waals surface area (Å²) in [7, 11) is 1.81. The van der Waals surface area contributed by atoms with Crippen LogP contribution >= 0.6 is 0 Å². The first kappa shape index (κ1) is 17.5. The van der Waals surface area contributed by atoms with Crippen LogP contribution in [0.15, 0.2) is 30.5 Å².